The van der Waals surface area contributed by atoms with Crippen LogP contribution in [0.5, 0.6) is 5.75 Å². The Kier molecular flexibility index (Phi) is 5.81. The van der Waals surface area contributed by atoms with E-state index in [4.69, 9.17) is 32.9 Å². The first-order chi connectivity index (χ1) is 15.9. The molecule has 0 aliphatic carbocycles. The molecule has 0 radical (unpaired) electrons. The molecule has 1 atom stereocenters. The molecule has 1 aromatic carbocycles. The number of hydrogen-bond donors (Lipinski definition) is 2. The number of anilines is 1. The molecule has 1 fully saturated rings. The fraction of sp³-hybridized carbons (Fsp3) is 0.348. The highest BCUT2D eigenvalue weighted by atomic mass is 35.5. The van der Waals surface area contributed by atoms with E-state index in [0.717, 1.165) is 24.2 Å². The van der Waals surface area contributed by atoms with Crippen molar-refractivity contribution in [2.75, 3.05) is 18.0 Å². The summed E-state index contributed by atoms with van der Waals surface area (Å²) >= 11 is 16.9. The van der Waals surface area contributed by atoms with Gasteiger partial charge < -0.3 is 9.64 Å². The minimum Gasteiger partial charge on any atom is -0.483 e. The smallest absolute Gasteiger partial charge is 0.263 e. The molecule has 0 amide bonds. The number of piperidine rings is 1. The third-order valence-electron chi connectivity index (χ3n) is 6.63. The molecule has 2 aliphatic heterocycles. The Hall–Kier alpha value is -2.26. The Morgan fingerprint density at radius 1 is 1.21 bits per heavy atom. The van der Waals surface area contributed by atoms with Crippen molar-refractivity contribution in [2.45, 2.75) is 38.3 Å². The van der Waals surface area contributed by atoms with Crippen molar-refractivity contribution >= 4 is 41.8 Å². The number of rotatable bonds is 3. The van der Waals surface area contributed by atoms with Gasteiger partial charge in [0.05, 0.1) is 33.5 Å². The third-order valence-corrected chi connectivity index (χ3v) is 7.70. The van der Waals surface area contributed by atoms with Gasteiger partial charge >= 0.3 is 0 Å². The number of aryl methyl sites for hydroxylation is 1. The quantitative estimate of drug-likeness (QED) is 0.514. The standard InChI is InChI=1S/C23H23Cl2N5O2S/c1-13-21(27-14(2)30(22(13)31)17-5-3-4-16(24)19(17)25)29-10-7-23(8-11-29)20(28-33)15-6-9-26-12-18(15)32-23/h3-6,9,12,20,28,33H,7-8,10-11H2,1-2H3. The van der Waals surface area contributed by atoms with Gasteiger partial charge in [0.25, 0.3) is 5.56 Å². The van der Waals surface area contributed by atoms with Gasteiger partial charge in [-0.2, -0.15) is 0 Å². The van der Waals surface area contributed by atoms with Crippen molar-refractivity contribution in [3.8, 4) is 11.4 Å². The lowest BCUT2D eigenvalue weighted by molar-refractivity contribution is 0.0389. The average molecular weight is 504 g/mol. The minimum absolute atomic E-state index is 0.0326. The molecule has 4 heterocycles. The molecular weight excluding hydrogens is 481 g/mol. The highest BCUT2D eigenvalue weighted by Crippen LogP contribution is 2.48. The van der Waals surface area contributed by atoms with Gasteiger partial charge in [0.1, 0.15) is 23.0 Å². The van der Waals surface area contributed by atoms with Crippen molar-refractivity contribution in [2.24, 2.45) is 0 Å². The fourth-order valence-corrected chi connectivity index (χ4v) is 5.66. The predicted molar refractivity (Wildman–Crippen MR) is 133 cm³/mol. The Morgan fingerprint density at radius 2 is 1.97 bits per heavy atom. The van der Waals surface area contributed by atoms with Gasteiger partial charge in [-0.15, -0.1) is 0 Å². The molecule has 2 aromatic heterocycles. The van der Waals surface area contributed by atoms with Gasteiger partial charge in [-0.3, -0.25) is 19.1 Å². The van der Waals surface area contributed by atoms with Gasteiger partial charge in [-0.1, -0.05) is 42.1 Å². The van der Waals surface area contributed by atoms with Gasteiger partial charge in [-0.05, 0) is 32.0 Å². The summed E-state index contributed by atoms with van der Waals surface area (Å²) in [5, 5.41) is 0.722. The number of aromatic nitrogens is 3. The maximum absolute atomic E-state index is 13.4. The van der Waals surface area contributed by atoms with Crippen LogP contribution in [0.4, 0.5) is 5.82 Å². The molecule has 1 spiro atoms. The number of halogens is 2. The molecule has 0 bridgehead atoms. The van der Waals surface area contributed by atoms with Crippen LogP contribution in [-0.4, -0.2) is 33.2 Å². The van der Waals surface area contributed by atoms with Crippen molar-refractivity contribution in [3.05, 3.63) is 74.0 Å². The van der Waals surface area contributed by atoms with Gasteiger partial charge in [0, 0.05) is 37.7 Å². The maximum Gasteiger partial charge on any atom is 0.263 e. The highest BCUT2D eigenvalue weighted by Gasteiger charge is 2.50. The summed E-state index contributed by atoms with van der Waals surface area (Å²) in [6, 6.07) is 7.17. The zero-order valence-electron chi connectivity index (χ0n) is 18.2. The van der Waals surface area contributed by atoms with Crippen LogP contribution >= 0.6 is 36.0 Å². The predicted octanol–water partition coefficient (Wildman–Crippen LogP) is 4.46. The Bertz CT molecular complexity index is 1290. The molecule has 172 valence electrons. The normalized spacial score (nSPS) is 18.9. The van der Waals surface area contributed by atoms with Crippen LogP contribution in [0.25, 0.3) is 5.69 Å². The number of nitrogens with one attached hydrogen (secondary N) is 1. The molecule has 2 aliphatic rings. The maximum atomic E-state index is 13.4. The first-order valence-electron chi connectivity index (χ1n) is 10.7. The summed E-state index contributed by atoms with van der Waals surface area (Å²) in [7, 11) is 0. The topological polar surface area (TPSA) is 72.3 Å². The monoisotopic (exact) mass is 503 g/mol. The largest absolute Gasteiger partial charge is 0.483 e. The second kappa shape index (κ2) is 8.51. The molecule has 5 rings (SSSR count). The van der Waals surface area contributed by atoms with Crippen molar-refractivity contribution in [3.63, 3.8) is 0 Å². The average Bonchev–Trinajstić information content (AvgIpc) is 3.12. The van der Waals surface area contributed by atoms with E-state index in [2.05, 4.69) is 27.4 Å². The van der Waals surface area contributed by atoms with E-state index in [1.807, 2.05) is 6.07 Å². The van der Waals surface area contributed by atoms with E-state index in [0.29, 0.717) is 46.0 Å². The lowest BCUT2D eigenvalue weighted by atomic mass is 9.83. The van der Waals surface area contributed by atoms with E-state index in [-0.39, 0.29) is 11.6 Å². The number of nitrogens with zero attached hydrogens (tertiary/aromatic N) is 4. The molecule has 0 saturated carbocycles. The first kappa shape index (κ1) is 22.5. The van der Waals surface area contributed by atoms with Crippen LogP contribution in [0.1, 0.15) is 35.8 Å². The summed E-state index contributed by atoms with van der Waals surface area (Å²) in [6.07, 6.45) is 5.03. The summed E-state index contributed by atoms with van der Waals surface area (Å²) < 4.78 is 11.0. The third kappa shape index (κ3) is 3.60. The summed E-state index contributed by atoms with van der Waals surface area (Å²) in [4.78, 5) is 24.5. The minimum atomic E-state index is -0.407. The molecular formula is C23H23Cl2N5O2S. The Morgan fingerprint density at radius 3 is 2.70 bits per heavy atom. The number of fused-ring (bicyclic) bond motifs is 1. The van der Waals surface area contributed by atoms with E-state index in [1.165, 1.54) is 4.57 Å². The summed E-state index contributed by atoms with van der Waals surface area (Å²) in [5.74, 6) is 2.04. The molecule has 33 heavy (non-hydrogen) atoms. The zero-order chi connectivity index (χ0) is 23.3. The molecule has 1 unspecified atom stereocenters. The van der Waals surface area contributed by atoms with E-state index in [9.17, 15) is 4.79 Å². The second-order valence-corrected chi connectivity index (χ2v) is 9.49. The van der Waals surface area contributed by atoms with Crippen LogP contribution in [0.3, 0.4) is 0 Å². The van der Waals surface area contributed by atoms with Crippen molar-refractivity contribution in [1.29, 1.82) is 0 Å². The lowest BCUT2D eigenvalue weighted by Gasteiger charge is -2.42. The highest BCUT2D eigenvalue weighted by molar-refractivity contribution is 7.78. The van der Waals surface area contributed by atoms with Crippen LogP contribution < -0.4 is 19.9 Å². The van der Waals surface area contributed by atoms with Gasteiger partial charge in [0.15, 0.2) is 0 Å². The Balaban J connectivity index is 1.44. The molecule has 3 aromatic rings. The number of benzene rings is 1. The van der Waals surface area contributed by atoms with Crippen LogP contribution in [-0.2, 0) is 0 Å². The van der Waals surface area contributed by atoms with Gasteiger partial charge in [-0.25, -0.2) is 4.98 Å². The number of hydrogen-bond acceptors (Lipinski definition) is 7. The second-order valence-electron chi connectivity index (χ2n) is 8.45. The van der Waals surface area contributed by atoms with Gasteiger partial charge in [0.2, 0.25) is 0 Å². The van der Waals surface area contributed by atoms with Crippen LogP contribution in [0, 0.1) is 13.8 Å². The number of thiol groups is 1. The van der Waals surface area contributed by atoms with Crippen molar-refractivity contribution in [1.82, 2.24) is 19.3 Å². The SMILES string of the molecule is Cc1c(N2CCC3(CC2)Oc2cnccc2C3NS)nc(C)n(-c2cccc(Cl)c2Cl)c1=O. The van der Waals surface area contributed by atoms with E-state index in [1.54, 1.807) is 44.4 Å². The molecule has 7 nitrogen and oxygen atoms in total. The van der Waals surface area contributed by atoms with E-state index < -0.39 is 5.60 Å². The molecule has 10 heteroatoms. The summed E-state index contributed by atoms with van der Waals surface area (Å²) in [5.41, 5.74) is 1.60. The lowest BCUT2D eigenvalue weighted by Crippen LogP contribution is -2.52. The van der Waals surface area contributed by atoms with Crippen molar-refractivity contribution < 1.29 is 4.74 Å². The number of ether oxygens (including phenoxy) is 1. The summed E-state index contributed by atoms with van der Waals surface area (Å²) in [6.45, 7) is 5.00. The van der Waals surface area contributed by atoms with E-state index >= 15 is 0 Å². The fourth-order valence-electron chi connectivity index (χ4n) is 4.90. The first-order valence-corrected chi connectivity index (χ1v) is 11.9. The molecule has 1 saturated heterocycles. The number of pyridine rings is 1. The van der Waals surface area contributed by atoms with Crippen LogP contribution in [0.2, 0.25) is 10.0 Å². The van der Waals surface area contributed by atoms with Crippen LogP contribution in [0.15, 0.2) is 41.5 Å². The zero-order valence-corrected chi connectivity index (χ0v) is 20.6. The molecule has 1 N–H and O–H groups in total. The Labute approximate surface area is 207 Å².